The molecule has 3 rings (SSSR count). The van der Waals surface area contributed by atoms with Crippen molar-refractivity contribution in [3.8, 4) is 0 Å². The predicted molar refractivity (Wildman–Crippen MR) is 122 cm³/mol. The molecule has 150 valence electrons. The van der Waals surface area contributed by atoms with E-state index in [9.17, 15) is 0 Å². The van der Waals surface area contributed by atoms with Gasteiger partial charge in [0, 0.05) is 51.3 Å². The molecule has 3 N–H and O–H groups in total. The molecule has 2 aromatic heterocycles. The minimum absolute atomic E-state index is 0.331. The monoisotopic (exact) mass is 388 g/mol. The summed E-state index contributed by atoms with van der Waals surface area (Å²) < 4.78 is 2.21. The van der Waals surface area contributed by atoms with Crippen molar-refractivity contribution in [2.24, 2.45) is 7.05 Å². The molecule has 2 heterocycles. The number of pyridine rings is 1. The smallest absolute Gasteiger partial charge is 0.134 e. The van der Waals surface area contributed by atoms with Crippen LogP contribution in [0, 0.1) is 5.41 Å². The van der Waals surface area contributed by atoms with Crippen LogP contribution in [0.3, 0.4) is 0 Å². The second kappa shape index (κ2) is 8.22. The summed E-state index contributed by atoms with van der Waals surface area (Å²) in [6.45, 7) is 4.94. The van der Waals surface area contributed by atoms with Crippen LogP contribution in [0.25, 0.3) is 17.0 Å². The molecule has 0 radical (unpaired) electrons. The number of anilines is 1. The highest BCUT2D eigenvalue weighted by Gasteiger charge is 2.10. The van der Waals surface area contributed by atoms with Gasteiger partial charge in [-0.2, -0.15) is 0 Å². The average molecular weight is 389 g/mol. The molecule has 0 amide bonds. The Morgan fingerprint density at radius 3 is 2.66 bits per heavy atom. The van der Waals surface area contributed by atoms with E-state index in [2.05, 4.69) is 58.4 Å². The first-order valence-electron chi connectivity index (χ1n) is 9.41. The molecule has 0 bridgehead atoms. The maximum absolute atomic E-state index is 8.15. The van der Waals surface area contributed by atoms with Crippen LogP contribution in [-0.2, 0) is 13.6 Å². The van der Waals surface area contributed by atoms with Crippen molar-refractivity contribution in [2.45, 2.75) is 6.54 Å². The second-order valence-corrected chi connectivity index (χ2v) is 7.38. The first-order chi connectivity index (χ1) is 13.8. The van der Waals surface area contributed by atoms with Crippen LogP contribution >= 0.6 is 0 Å². The van der Waals surface area contributed by atoms with Gasteiger partial charge < -0.3 is 20.1 Å². The third-order valence-corrected chi connectivity index (χ3v) is 5.05. The fourth-order valence-electron chi connectivity index (χ4n) is 3.18. The van der Waals surface area contributed by atoms with Crippen LogP contribution in [0.4, 0.5) is 5.82 Å². The van der Waals surface area contributed by atoms with Gasteiger partial charge in [0.1, 0.15) is 11.7 Å². The molecular formula is C23H28N6. The standard InChI is InChI=1S/C23H28N6/c1-16(10-11-17-12-20(22(24)26-14-17)23(25)27(2)3)28(4)15-19-13-18-8-6-7-9-21(18)29(19)5/h6-14,25H,1,15H2,2-5H3,(H2,24,26)/b11-10+,25-23?. The summed E-state index contributed by atoms with van der Waals surface area (Å²) in [5.41, 5.74) is 10.8. The Hall–Kier alpha value is -3.54. The Kier molecular flexibility index (Phi) is 5.73. The van der Waals surface area contributed by atoms with Gasteiger partial charge in [-0.1, -0.05) is 30.9 Å². The Morgan fingerprint density at radius 1 is 1.24 bits per heavy atom. The van der Waals surface area contributed by atoms with Gasteiger partial charge in [0.25, 0.3) is 0 Å². The summed E-state index contributed by atoms with van der Waals surface area (Å²) >= 11 is 0. The summed E-state index contributed by atoms with van der Waals surface area (Å²) in [5, 5.41) is 9.39. The largest absolute Gasteiger partial charge is 0.383 e. The Balaban J connectivity index is 1.74. The average Bonchev–Trinajstić information content (AvgIpc) is 3.02. The number of nitrogens with two attached hydrogens (primary N) is 1. The van der Waals surface area contributed by atoms with Crippen LogP contribution in [0.15, 0.2) is 60.9 Å². The van der Waals surface area contributed by atoms with Crippen molar-refractivity contribution >= 4 is 28.6 Å². The highest BCUT2D eigenvalue weighted by atomic mass is 15.1. The van der Waals surface area contributed by atoms with Gasteiger partial charge in [0.2, 0.25) is 0 Å². The zero-order chi connectivity index (χ0) is 21.1. The molecule has 1 aromatic carbocycles. The lowest BCUT2D eigenvalue weighted by molar-refractivity contribution is 0.415. The number of nitrogens with one attached hydrogen (secondary N) is 1. The molecule has 0 saturated heterocycles. The Morgan fingerprint density at radius 2 is 1.97 bits per heavy atom. The molecule has 3 aromatic rings. The molecule has 0 saturated carbocycles. The van der Waals surface area contributed by atoms with Gasteiger partial charge in [-0.3, -0.25) is 5.41 Å². The van der Waals surface area contributed by atoms with E-state index < -0.39 is 0 Å². The van der Waals surface area contributed by atoms with Crippen molar-refractivity contribution in [1.82, 2.24) is 19.4 Å². The van der Waals surface area contributed by atoms with E-state index in [0.717, 1.165) is 17.8 Å². The number of allylic oxidation sites excluding steroid dienone is 1. The molecule has 0 atom stereocenters. The van der Waals surface area contributed by atoms with E-state index in [0.29, 0.717) is 17.2 Å². The minimum Gasteiger partial charge on any atom is -0.383 e. The molecule has 29 heavy (non-hydrogen) atoms. The van der Waals surface area contributed by atoms with Crippen molar-refractivity contribution in [3.63, 3.8) is 0 Å². The highest BCUT2D eigenvalue weighted by Crippen LogP contribution is 2.21. The lowest BCUT2D eigenvalue weighted by atomic mass is 10.1. The SMILES string of the molecule is C=C(/C=C/c1cnc(N)c(C(=N)N(C)C)c1)N(C)Cc1cc2ccccc2n1C. The quantitative estimate of drug-likeness (QED) is 0.384. The number of aromatic nitrogens is 2. The third-order valence-electron chi connectivity index (χ3n) is 5.05. The molecular weight excluding hydrogens is 360 g/mol. The number of benzene rings is 1. The number of para-hydroxylation sites is 1. The van der Waals surface area contributed by atoms with Crippen LogP contribution in [0.2, 0.25) is 0 Å². The fourth-order valence-corrected chi connectivity index (χ4v) is 3.18. The molecule has 0 aliphatic heterocycles. The summed E-state index contributed by atoms with van der Waals surface area (Å²) in [5.74, 6) is 0.685. The Labute approximate surface area is 172 Å². The molecule has 6 heteroatoms. The van der Waals surface area contributed by atoms with E-state index in [4.69, 9.17) is 11.1 Å². The zero-order valence-electron chi connectivity index (χ0n) is 17.5. The Bertz CT molecular complexity index is 1090. The number of amidine groups is 1. The topological polar surface area (TPSA) is 74.2 Å². The van der Waals surface area contributed by atoms with Crippen molar-refractivity contribution in [2.75, 3.05) is 26.9 Å². The van der Waals surface area contributed by atoms with Crippen LogP contribution in [-0.4, -0.2) is 46.3 Å². The maximum atomic E-state index is 8.15. The number of likely N-dealkylation sites (N-methyl/N-ethyl adjacent to an activating group) is 1. The number of rotatable bonds is 6. The van der Waals surface area contributed by atoms with Gasteiger partial charge in [-0.15, -0.1) is 0 Å². The number of nitrogens with zero attached hydrogens (tertiary/aromatic N) is 4. The lowest BCUT2D eigenvalue weighted by Crippen LogP contribution is -2.23. The maximum Gasteiger partial charge on any atom is 0.134 e. The number of hydrogen-bond acceptors (Lipinski definition) is 4. The van der Waals surface area contributed by atoms with Crippen LogP contribution in [0.5, 0.6) is 0 Å². The van der Waals surface area contributed by atoms with Gasteiger partial charge in [-0.25, -0.2) is 4.98 Å². The summed E-state index contributed by atoms with van der Waals surface area (Å²) in [7, 11) is 7.74. The molecule has 0 fully saturated rings. The van der Waals surface area contributed by atoms with Crippen molar-refractivity contribution in [3.05, 3.63) is 77.8 Å². The third kappa shape index (κ3) is 4.32. The number of fused-ring (bicyclic) bond motifs is 1. The zero-order valence-corrected chi connectivity index (χ0v) is 17.5. The molecule has 6 nitrogen and oxygen atoms in total. The van der Waals surface area contributed by atoms with Crippen molar-refractivity contribution < 1.29 is 0 Å². The lowest BCUT2D eigenvalue weighted by Gasteiger charge is -2.20. The summed E-state index contributed by atoms with van der Waals surface area (Å²) in [6.07, 6.45) is 5.60. The number of hydrogen-bond donors (Lipinski definition) is 2. The first kappa shape index (κ1) is 20.2. The first-order valence-corrected chi connectivity index (χ1v) is 9.41. The van der Waals surface area contributed by atoms with E-state index in [-0.39, 0.29) is 0 Å². The van der Waals surface area contributed by atoms with Gasteiger partial charge >= 0.3 is 0 Å². The van der Waals surface area contributed by atoms with Gasteiger partial charge in [0.05, 0.1) is 12.1 Å². The number of nitrogen functional groups attached to an aromatic ring is 1. The normalized spacial score (nSPS) is 11.2. The minimum atomic E-state index is 0.331. The van der Waals surface area contributed by atoms with Crippen LogP contribution < -0.4 is 5.73 Å². The number of aryl methyl sites for hydroxylation is 1. The van der Waals surface area contributed by atoms with Gasteiger partial charge in [0.15, 0.2) is 0 Å². The van der Waals surface area contributed by atoms with Gasteiger partial charge in [-0.05, 0) is 35.2 Å². The molecule has 0 aliphatic carbocycles. The fraction of sp³-hybridized carbons (Fsp3) is 0.217. The highest BCUT2D eigenvalue weighted by molar-refractivity contribution is 6.00. The summed E-state index contributed by atoms with van der Waals surface area (Å²) in [6, 6.07) is 12.5. The van der Waals surface area contributed by atoms with E-state index in [1.165, 1.54) is 16.6 Å². The van der Waals surface area contributed by atoms with Crippen LogP contribution in [0.1, 0.15) is 16.8 Å². The molecule has 0 aliphatic rings. The predicted octanol–water partition coefficient (Wildman–Crippen LogP) is 3.70. The van der Waals surface area contributed by atoms with E-state index in [1.807, 2.05) is 39.4 Å². The van der Waals surface area contributed by atoms with E-state index >= 15 is 0 Å². The van der Waals surface area contributed by atoms with E-state index in [1.54, 1.807) is 11.1 Å². The van der Waals surface area contributed by atoms with Crippen molar-refractivity contribution in [1.29, 1.82) is 5.41 Å². The summed E-state index contributed by atoms with van der Waals surface area (Å²) in [4.78, 5) is 8.04. The molecule has 0 unspecified atom stereocenters. The molecule has 0 spiro atoms. The second-order valence-electron chi connectivity index (χ2n) is 7.38.